The molecule has 1 aromatic heterocycles. The van der Waals surface area contributed by atoms with E-state index in [-0.39, 0.29) is 0 Å². The van der Waals surface area contributed by atoms with Gasteiger partial charge in [-0.3, -0.25) is 4.90 Å². The Bertz CT molecular complexity index is 430. The molecule has 18 heavy (non-hydrogen) atoms. The first-order valence-corrected chi connectivity index (χ1v) is 5.89. The van der Waals surface area contributed by atoms with Crippen LogP contribution in [0.4, 0.5) is 10.6 Å². The minimum Gasteiger partial charge on any atom is -0.443 e. The number of carbonyl (C=O) groups is 1. The van der Waals surface area contributed by atoms with Crippen LogP contribution in [0.2, 0.25) is 0 Å². The van der Waals surface area contributed by atoms with Gasteiger partial charge < -0.3 is 4.74 Å². The van der Waals surface area contributed by atoms with E-state index in [1.54, 1.807) is 19.3 Å². The zero-order valence-electron chi connectivity index (χ0n) is 11.6. The average molecular weight is 248 g/mol. The molecule has 0 bridgehead atoms. The predicted octanol–water partition coefficient (Wildman–Crippen LogP) is 3.49. The van der Waals surface area contributed by atoms with Gasteiger partial charge in [-0.15, -0.1) is 0 Å². The highest BCUT2D eigenvalue weighted by molar-refractivity contribution is 5.86. The molecule has 0 saturated heterocycles. The van der Waals surface area contributed by atoms with Gasteiger partial charge in [-0.2, -0.15) is 0 Å². The van der Waals surface area contributed by atoms with Crippen molar-refractivity contribution >= 4 is 18.0 Å². The van der Waals surface area contributed by atoms with Crippen LogP contribution in [0.5, 0.6) is 0 Å². The fourth-order valence-corrected chi connectivity index (χ4v) is 1.31. The maximum absolute atomic E-state index is 11.8. The van der Waals surface area contributed by atoms with Crippen molar-refractivity contribution in [2.24, 2.45) is 0 Å². The van der Waals surface area contributed by atoms with Gasteiger partial charge in [0.15, 0.2) is 0 Å². The Kier molecular flexibility index (Phi) is 4.48. The second-order valence-corrected chi connectivity index (χ2v) is 4.99. The van der Waals surface area contributed by atoms with E-state index in [9.17, 15) is 4.79 Å². The lowest BCUT2D eigenvalue weighted by atomic mass is 10.2. The van der Waals surface area contributed by atoms with Crippen molar-refractivity contribution in [3.8, 4) is 0 Å². The van der Waals surface area contributed by atoms with E-state index in [0.717, 1.165) is 5.56 Å². The molecule has 4 nitrogen and oxygen atoms in total. The van der Waals surface area contributed by atoms with Crippen molar-refractivity contribution < 1.29 is 9.53 Å². The van der Waals surface area contributed by atoms with Gasteiger partial charge in [-0.1, -0.05) is 12.2 Å². The van der Waals surface area contributed by atoms with E-state index in [1.165, 1.54) is 4.90 Å². The first kappa shape index (κ1) is 14.2. The summed E-state index contributed by atoms with van der Waals surface area (Å²) in [5, 5.41) is 0. The van der Waals surface area contributed by atoms with Crippen molar-refractivity contribution in [3.63, 3.8) is 0 Å². The van der Waals surface area contributed by atoms with Crippen molar-refractivity contribution in [1.82, 2.24) is 4.98 Å². The average Bonchev–Trinajstić information content (AvgIpc) is 2.27. The van der Waals surface area contributed by atoms with Crippen LogP contribution >= 0.6 is 0 Å². The first-order valence-electron chi connectivity index (χ1n) is 5.89. The third-order valence-corrected chi connectivity index (χ3v) is 2.14. The molecule has 0 aliphatic rings. The molecule has 0 atom stereocenters. The van der Waals surface area contributed by atoms with E-state index in [2.05, 4.69) is 4.98 Å². The van der Waals surface area contributed by atoms with Crippen molar-refractivity contribution in [2.45, 2.75) is 33.3 Å². The lowest BCUT2D eigenvalue weighted by molar-refractivity contribution is 0.0588. The Labute approximate surface area is 108 Å². The minimum absolute atomic E-state index is 0.409. The van der Waals surface area contributed by atoms with Crippen molar-refractivity contribution in [2.75, 3.05) is 11.9 Å². The van der Waals surface area contributed by atoms with Crippen molar-refractivity contribution in [3.05, 3.63) is 30.0 Å². The lowest BCUT2D eigenvalue weighted by Gasteiger charge is -2.24. The van der Waals surface area contributed by atoms with Crippen LogP contribution in [0.25, 0.3) is 6.08 Å². The topological polar surface area (TPSA) is 42.4 Å². The van der Waals surface area contributed by atoms with Gasteiger partial charge in [-0.25, -0.2) is 9.78 Å². The second-order valence-electron chi connectivity index (χ2n) is 4.99. The number of hydrogen-bond acceptors (Lipinski definition) is 3. The number of aromatic nitrogens is 1. The molecule has 0 saturated carbocycles. The summed E-state index contributed by atoms with van der Waals surface area (Å²) >= 11 is 0. The molecular weight excluding hydrogens is 228 g/mol. The number of amides is 1. The number of nitrogens with zero attached hydrogens (tertiary/aromatic N) is 2. The molecule has 0 aromatic carbocycles. The summed E-state index contributed by atoms with van der Waals surface area (Å²) in [4.78, 5) is 17.4. The highest BCUT2D eigenvalue weighted by atomic mass is 16.6. The molecule has 98 valence electrons. The van der Waals surface area contributed by atoms with Crippen molar-refractivity contribution in [1.29, 1.82) is 0 Å². The molecule has 0 unspecified atom stereocenters. The molecule has 0 spiro atoms. The zero-order valence-corrected chi connectivity index (χ0v) is 11.6. The highest BCUT2D eigenvalue weighted by Gasteiger charge is 2.20. The molecule has 1 amide bonds. The van der Waals surface area contributed by atoms with E-state index in [0.29, 0.717) is 5.82 Å². The van der Waals surface area contributed by atoms with Gasteiger partial charge in [0, 0.05) is 13.2 Å². The van der Waals surface area contributed by atoms with Gasteiger partial charge in [0.05, 0.1) is 0 Å². The van der Waals surface area contributed by atoms with Gasteiger partial charge in [0.1, 0.15) is 11.4 Å². The summed E-state index contributed by atoms with van der Waals surface area (Å²) in [7, 11) is 1.64. The highest BCUT2D eigenvalue weighted by Crippen LogP contribution is 2.15. The number of allylic oxidation sites excluding steroid dienone is 1. The molecule has 0 N–H and O–H groups in total. The maximum Gasteiger partial charge on any atom is 0.415 e. The molecule has 0 aliphatic heterocycles. The monoisotopic (exact) mass is 248 g/mol. The number of rotatable bonds is 2. The molecule has 0 radical (unpaired) electrons. The van der Waals surface area contributed by atoms with Gasteiger partial charge in [0.2, 0.25) is 0 Å². The summed E-state index contributed by atoms with van der Waals surface area (Å²) in [6.45, 7) is 7.45. The number of anilines is 1. The summed E-state index contributed by atoms with van der Waals surface area (Å²) in [6.07, 6.45) is 5.20. The summed E-state index contributed by atoms with van der Waals surface area (Å²) in [5.74, 6) is 0.567. The Hall–Kier alpha value is -1.84. The molecule has 1 heterocycles. The van der Waals surface area contributed by atoms with E-state index in [4.69, 9.17) is 4.74 Å². The number of carbonyl (C=O) groups excluding carboxylic acids is 1. The number of hydrogen-bond donors (Lipinski definition) is 0. The van der Waals surface area contributed by atoms with Crippen LogP contribution in [0.15, 0.2) is 24.4 Å². The number of pyridine rings is 1. The second kappa shape index (κ2) is 5.67. The summed E-state index contributed by atoms with van der Waals surface area (Å²) in [6, 6.07) is 3.70. The summed E-state index contributed by atoms with van der Waals surface area (Å²) in [5.41, 5.74) is 0.495. The van der Waals surface area contributed by atoms with Gasteiger partial charge >= 0.3 is 6.09 Å². The van der Waals surface area contributed by atoms with Crippen LogP contribution in [0.3, 0.4) is 0 Å². The molecule has 0 aliphatic carbocycles. The standard InChI is InChI=1S/C14H20N2O2/c1-6-7-11-8-9-12(15-10-11)16(5)13(17)18-14(2,3)4/h6-10H,1-5H3/b7-6+. The fraction of sp³-hybridized carbons (Fsp3) is 0.429. The maximum atomic E-state index is 11.8. The smallest absolute Gasteiger partial charge is 0.415 e. The Morgan fingerprint density at radius 3 is 2.50 bits per heavy atom. The SMILES string of the molecule is C/C=C/c1ccc(N(C)C(=O)OC(C)(C)C)nc1. The minimum atomic E-state index is -0.504. The largest absolute Gasteiger partial charge is 0.443 e. The molecule has 4 heteroatoms. The molecule has 0 fully saturated rings. The molecule has 1 rings (SSSR count). The van der Waals surface area contributed by atoms with E-state index in [1.807, 2.05) is 45.9 Å². The van der Waals surface area contributed by atoms with Crippen LogP contribution in [0, 0.1) is 0 Å². The normalized spacial score (nSPS) is 11.6. The summed E-state index contributed by atoms with van der Waals surface area (Å²) < 4.78 is 5.26. The van der Waals surface area contributed by atoms with Crippen LogP contribution in [0.1, 0.15) is 33.3 Å². The van der Waals surface area contributed by atoms with E-state index >= 15 is 0 Å². The third-order valence-electron chi connectivity index (χ3n) is 2.14. The van der Waals surface area contributed by atoms with Gasteiger partial charge in [-0.05, 0) is 45.4 Å². The first-order chi connectivity index (χ1) is 8.33. The predicted molar refractivity (Wildman–Crippen MR) is 73.6 cm³/mol. The molecule has 1 aromatic rings. The van der Waals surface area contributed by atoms with Crippen LogP contribution in [-0.2, 0) is 4.74 Å². The van der Waals surface area contributed by atoms with Crippen LogP contribution in [-0.4, -0.2) is 23.7 Å². The lowest BCUT2D eigenvalue weighted by Crippen LogP contribution is -2.34. The van der Waals surface area contributed by atoms with E-state index < -0.39 is 11.7 Å². The zero-order chi connectivity index (χ0) is 13.8. The number of ether oxygens (including phenoxy) is 1. The quantitative estimate of drug-likeness (QED) is 0.804. The Morgan fingerprint density at radius 2 is 2.06 bits per heavy atom. The van der Waals surface area contributed by atoms with Crippen LogP contribution < -0.4 is 4.90 Å². The molecular formula is C14H20N2O2. The Balaban J connectivity index is 2.78. The fourth-order valence-electron chi connectivity index (χ4n) is 1.31. The van der Waals surface area contributed by atoms with Gasteiger partial charge in [0.25, 0.3) is 0 Å². The third kappa shape index (κ3) is 4.20. The Morgan fingerprint density at radius 1 is 1.39 bits per heavy atom.